The Labute approximate surface area is 157 Å². The van der Waals surface area contributed by atoms with Crippen molar-refractivity contribution in [2.24, 2.45) is 0 Å². The van der Waals surface area contributed by atoms with E-state index in [0.717, 1.165) is 22.5 Å². The van der Waals surface area contributed by atoms with E-state index in [9.17, 15) is 0 Å². The van der Waals surface area contributed by atoms with Gasteiger partial charge in [0.05, 0.1) is 18.4 Å². The standard InChI is InChI=1S/C22H17N3O2/c1-26-21-11-18(8-9-20(21)27-15-16-5-3-2-4-6-16)19-14-25-13-17(12-23)7-10-22(25)24-19/h2-11,13-14H,15H2,1H3. The summed E-state index contributed by atoms with van der Waals surface area (Å²) < 4.78 is 13.3. The fourth-order valence-electron chi connectivity index (χ4n) is 2.88. The van der Waals surface area contributed by atoms with E-state index in [0.29, 0.717) is 23.7 Å². The second-order valence-corrected chi connectivity index (χ2v) is 6.06. The number of pyridine rings is 1. The first-order valence-electron chi connectivity index (χ1n) is 8.51. The smallest absolute Gasteiger partial charge is 0.161 e. The Morgan fingerprint density at radius 2 is 1.85 bits per heavy atom. The number of hydrogen-bond donors (Lipinski definition) is 0. The molecule has 2 aromatic heterocycles. The Morgan fingerprint density at radius 1 is 1.00 bits per heavy atom. The van der Waals surface area contributed by atoms with E-state index in [1.54, 1.807) is 19.4 Å². The fourth-order valence-corrected chi connectivity index (χ4v) is 2.88. The van der Waals surface area contributed by atoms with Crippen LogP contribution >= 0.6 is 0 Å². The molecule has 0 fully saturated rings. The minimum Gasteiger partial charge on any atom is -0.493 e. The van der Waals surface area contributed by atoms with Crippen LogP contribution in [-0.4, -0.2) is 16.5 Å². The molecule has 132 valence electrons. The molecule has 0 amide bonds. The van der Waals surface area contributed by atoms with Crippen LogP contribution < -0.4 is 9.47 Å². The van der Waals surface area contributed by atoms with Gasteiger partial charge in [-0.1, -0.05) is 30.3 Å². The second kappa shape index (κ2) is 7.22. The van der Waals surface area contributed by atoms with E-state index >= 15 is 0 Å². The average molecular weight is 355 g/mol. The first-order chi connectivity index (χ1) is 13.3. The van der Waals surface area contributed by atoms with Gasteiger partial charge in [0, 0.05) is 18.0 Å². The molecule has 0 saturated heterocycles. The Morgan fingerprint density at radius 3 is 2.63 bits per heavy atom. The molecule has 4 rings (SSSR count). The van der Waals surface area contributed by atoms with Gasteiger partial charge in [0.25, 0.3) is 0 Å². The molecular weight excluding hydrogens is 338 g/mol. The first-order valence-corrected chi connectivity index (χ1v) is 8.51. The molecule has 0 N–H and O–H groups in total. The minimum absolute atomic E-state index is 0.474. The SMILES string of the molecule is COc1cc(-c2cn3cc(C#N)ccc3n2)ccc1OCc1ccccc1. The van der Waals surface area contributed by atoms with Crippen LogP contribution in [0.2, 0.25) is 0 Å². The van der Waals surface area contributed by atoms with Crippen molar-refractivity contribution in [2.45, 2.75) is 6.61 Å². The van der Waals surface area contributed by atoms with Gasteiger partial charge in [-0.25, -0.2) is 4.98 Å². The van der Waals surface area contributed by atoms with Crippen molar-refractivity contribution in [3.63, 3.8) is 0 Å². The van der Waals surface area contributed by atoms with Crippen molar-refractivity contribution < 1.29 is 9.47 Å². The zero-order valence-electron chi connectivity index (χ0n) is 14.8. The molecule has 5 heteroatoms. The molecule has 0 saturated carbocycles. The predicted molar refractivity (Wildman–Crippen MR) is 103 cm³/mol. The number of aromatic nitrogens is 2. The van der Waals surface area contributed by atoms with E-state index in [2.05, 4.69) is 11.1 Å². The zero-order valence-corrected chi connectivity index (χ0v) is 14.8. The van der Waals surface area contributed by atoms with Crippen LogP contribution in [0, 0.1) is 11.3 Å². The van der Waals surface area contributed by atoms with Gasteiger partial charge in [-0.3, -0.25) is 0 Å². The lowest BCUT2D eigenvalue weighted by molar-refractivity contribution is 0.284. The Hall–Kier alpha value is -3.78. The van der Waals surface area contributed by atoms with Gasteiger partial charge in [-0.2, -0.15) is 5.26 Å². The van der Waals surface area contributed by atoms with Crippen LogP contribution in [0.3, 0.4) is 0 Å². The van der Waals surface area contributed by atoms with E-state index in [-0.39, 0.29) is 0 Å². The maximum Gasteiger partial charge on any atom is 0.161 e. The summed E-state index contributed by atoms with van der Waals surface area (Å²) in [5.74, 6) is 1.33. The highest BCUT2D eigenvalue weighted by molar-refractivity contribution is 5.66. The summed E-state index contributed by atoms with van der Waals surface area (Å²) >= 11 is 0. The van der Waals surface area contributed by atoms with Crippen molar-refractivity contribution in [1.82, 2.24) is 9.38 Å². The highest BCUT2D eigenvalue weighted by Crippen LogP contribution is 2.33. The van der Waals surface area contributed by atoms with Gasteiger partial charge < -0.3 is 13.9 Å². The van der Waals surface area contributed by atoms with Crippen LogP contribution in [0.1, 0.15) is 11.1 Å². The number of ether oxygens (including phenoxy) is 2. The number of rotatable bonds is 5. The summed E-state index contributed by atoms with van der Waals surface area (Å²) in [5, 5.41) is 9.04. The van der Waals surface area contributed by atoms with E-state index < -0.39 is 0 Å². The van der Waals surface area contributed by atoms with Crippen molar-refractivity contribution in [3.05, 3.63) is 84.2 Å². The maximum absolute atomic E-state index is 9.04. The molecule has 4 aromatic rings. The molecular formula is C22H17N3O2. The number of hydrogen-bond acceptors (Lipinski definition) is 4. The van der Waals surface area contributed by atoms with E-state index in [1.807, 2.05) is 65.2 Å². The van der Waals surface area contributed by atoms with Gasteiger partial charge in [0.15, 0.2) is 11.5 Å². The molecule has 0 spiro atoms. The van der Waals surface area contributed by atoms with Gasteiger partial charge in [-0.15, -0.1) is 0 Å². The van der Waals surface area contributed by atoms with Crippen LogP contribution in [-0.2, 0) is 6.61 Å². The Balaban J connectivity index is 1.62. The molecule has 0 aliphatic heterocycles. The van der Waals surface area contributed by atoms with Crippen molar-refractivity contribution in [2.75, 3.05) is 7.11 Å². The molecule has 0 aliphatic carbocycles. The van der Waals surface area contributed by atoms with Gasteiger partial charge >= 0.3 is 0 Å². The Kier molecular flexibility index (Phi) is 4.46. The van der Waals surface area contributed by atoms with Crippen LogP contribution in [0.25, 0.3) is 16.9 Å². The van der Waals surface area contributed by atoms with Crippen molar-refractivity contribution >= 4 is 5.65 Å². The first kappa shape index (κ1) is 16.7. The number of imidazole rings is 1. The molecule has 0 atom stereocenters. The summed E-state index contributed by atoms with van der Waals surface area (Å²) in [4.78, 5) is 4.61. The summed E-state index contributed by atoms with van der Waals surface area (Å²) in [5.41, 5.74) is 4.19. The molecule has 0 aliphatic rings. The second-order valence-electron chi connectivity index (χ2n) is 6.06. The maximum atomic E-state index is 9.04. The lowest BCUT2D eigenvalue weighted by Gasteiger charge is -2.11. The summed E-state index contributed by atoms with van der Waals surface area (Å²) in [7, 11) is 1.62. The number of methoxy groups -OCH3 is 1. The molecule has 5 nitrogen and oxygen atoms in total. The molecule has 27 heavy (non-hydrogen) atoms. The minimum atomic E-state index is 0.474. The molecule has 0 radical (unpaired) electrons. The number of nitriles is 1. The number of fused-ring (bicyclic) bond motifs is 1. The lowest BCUT2D eigenvalue weighted by Crippen LogP contribution is -1.97. The van der Waals surface area contributed by atoms with E-state index in [1.165, 1.54) is 0 Å². The summed E-state index contributed by atoms with van der Waals surface area (Å²) in [6.07, 6.45) is 3.66. The normalized spacial score (nSPS) is 10.5. The topological polar surface area (TPSA) is 59.5 Å². The summed E-state index contributed by atoms with van der Waals surface area (Å²) in [6.45, 7) is 0.474. The molecule has 2 aromatic carbocycles. The summed E-state index contributed by atoms with van der Waals surface area (Å²) in [6, 6.07) is 21.5. The van der Waals surface area contributed by atoms with Gasteiger partial charge in [-0.05, 0) is 35.9 Å². The molecule has 2 heterocycles. The third kappa shape index (κ3) is 3.46. The van der Waals surface area contributed by atoms with Crippen molar-refractivity contribution in [1.29, 1.82) is 5.26 Å². The molecule has 0 unspecified atom stereocenters. The highest BCUT2D eigenvalue weighted by atomic mass is 16.5. The lowest BCUT2D eigenvalue weighted by atomic mass is 10.1. The largest absolute Gasteiger partial charge is 0.493 e. The number of benzene rings is 2. The monoisotopic (exact) mass is 355 g/mol. The fraction of sp³-hybridized carbons (Fsp3) is 0.0909. The third-order valence-corrected chi connectivity index (χ3v) is 4.28. The van der Waals surface area contributed by atoms with Crippen LogP contribution in [0.4, 0.5) is 0 Å². The average Bonchev–Trinajstić information content (AvgIpc) is 3.16. The quantitative estimate of drug-likeness (QED) is 0.530. The van der Waals surface area contributed by atoms with Crippen molar-refractivity contribution in [3.8, 4) is 28.8 Å². The predicted octanol–water partition coefficient (Wildman–Crippen LogP) is 4.46. The Bertz CT molecular complexity index is 1130. The van der Waals surface area contributed by atoms with Crippen LogP contribution in [0.15, 0.2) is 73.1 Å². The number of nitrogens with zero attached hydrogens (tertiary/aromatic N) is 3. The van der Waals surface area contributed by atoms with E-state index in [4.69, 9.17) is 14.7 Å². The zero-order chi connectivity index (χ0) is 18.6. The highest BCUT2D eigenvalue weighted by Gasteiger charge is 2.10. The molecule has 0 bridgehead atoms. The third-order valence-electron chi connectivity index (χ3n) is 4.28. The van der Waals surface area contributed by atoms with Crippen LogP contribution in [0.5, 0.6) is 11.5 Å². The van der Waals surface area contributed by atoms with Gasteiger partial charge in [0.1, 0.15) is 18.3 Å². The van der Waals surface area contributed by atoms with Gasteiger partial charge in [0.2, 0.25) is 0 Å².